The zero-order chi connectivity index (χ0) is 29.4. The zero-order valence-electron chi connectivity index (χ0n) is 23.3. The van der Waals surface area contributed by atoms with E-state index in [1.165, 1.54) is 0 Å². The number of fused-ring (bicyclic) bond motifs is 2. The van der Waals surface area contributed by atoms with Crippen LogP contribution < -0.4 is 21.3 Å². The minimum atomic E-state index is -1.26. The molecule has 4 amide bonds. The average molecular weight is 568 g/mol. The lowest BCUT2D eigenvalue weighted by molar-refractivity contribution is -0.132. The number of rotatable bonds is 5. The Morgan fingerprint density at radius 3 is 2.73 bits per heavy atom. The summed E-state index contributed by atoms with van der Waals surface area (Å²) in [6.45, 7) is 4.78. The summed E-state index contributed by atoms with van der Waals surface area (Å²) in [7, 11) is 0. The van der Waals surface area contributed by atoms with Gasteiger partial charge < -0.3 is 30.8 Å². The van der Waals surface area contributed by atoms with Crippen molar-refractivity contribution in [2.75, 3.05) is 6.54 Å². The Morgan fingerprint density at radius 2 is 2.02 bits per heavy atom. The van der Waals surface area contributed by atoms with Gasteiger partial charge in [0.25, 0.3) is 0 Å². The van der Waals surface area contributed by atoms with Gasteiger partial charge in [0.05, 0.1) is 11.7 Å². The van der Waals surface area contributed by atoms with Crippen molar-refractivity contribution in [3.63, 3.8) is 0 Å². The molecule has 0 radical (unpaired) electrons. The summed E-state index contributed by atoms with van der Waals surface area (Å²) < 4.78 is 6.94. The summed E-state index contributed by atoms with van der Waals surface area (Å²) >= 11 is 0. The first-order valence-corrected chi connectivity index (χ1v) is 13.9. The fraction of sp³-hybridized carbons (Fsp3) is 0.536. The van der Waals surface area contributed by atoms with Gasteiger partial charge in [-0.25, -0.2) is 4.79 Å². The molecule has 1 aliphatic heterocycles. The van der Waals surface area contributed by atoms with E-state index in [0.29, 0.717) is 37.9 Å². The molecule has 1 unspecified atom stereocenters. The molecular formula is C28H37N7O6. The molecule has 41 heavy (non-hydrogen) atoms. The molecule has 2 heterocycles. The molecule has 0 saturated heterocycles. The van der Waals surface area contributed by atoms with E-state index in [2.05, 4.69) is 31.6 Å². The van der Waals surface area contributed by atoms with Crippen molar-refractivity contribution in [2.45, 2.75) is 76.7 Å². The number of ether oxygens (including phenoxy) is 1. The van der Waals surface area contributed by atoms with E-state index in [9.17, 15) is 24.0 Å². The first-order chi connectivity index (χ1) is 19.7. The van der Waals surface area contributed by atoms with E-state index >= 15 is 0 Å². The van der Waals surface area contributed by atoms with Gasteiger partial charge in [-0.05, 0) is 36.7 Å². The molecule has 1 aromatic heterocycles. The van der Waals surface area contributed by atoms with Crippen molar-refractivity contribution in [3.8, 4) is 0 Å². The number of hydrogen-bond donors (Lipinski definition) is 4. The van der Waals surface area contributed by atoms with Gasteiger partial charge in [-0.15, -0.1) is 5.10 Å². The number of aldehydes is 1. The van der Waals surface area contributed by atoms with Gasteiger partial charge in [0, 0.05) is 32.1 Å². The third-order valence-corrected chi connectivity index (χ3v) is 7.44. The van der Waals surface area contributed by atoms with Crippen LogP contribution in [-0.4, -0.2) is 69.3 Å². The number of nitrogens with zero attached hydrogens (tertiary/aromatic N) is 3. The summed E-state index contributed by atoms with van der Waals surface area (Å²) in [6, 6.07) is 7.14. The molecule has 4 N–H and O–H groups in total. The van der Waals surface area contributed by atoms with Crippen molar-refractivity contribution in [3.05, 3.63) is 47.8 Å². The molecule has 2 aliphatic rings. The normalized spacial score (nSPS) is 25.7. The Balaban J connectivity index is 1.55. The number of aromatic nitrogens is 3. The van der Waals surface area contributed by atoms with Crippen molar-refractivity contribution in [1.82, 2.24) is 36.3 Å². The molecule has 2 aromatic rings. The summed E-state index contributed by atoms with van der Waals surface area (Å²) in [5.74, 6) is -1.44. The van der Waals surface area contributed by atoms with E-state index in [1.807, 2.05) is 44.2 Å². The van der Waals surface area contributed by atoms with Gasteiger partial charge >= 0.3 is 6.09 Å². The van der Waals surface area contributed by atoms with Gasteiger partial charge in [0.1, 0.15) is 24.5 Å². The van der Waals surface area contributed by atoms with Crippen molar-refractivity contribution in [1.29, 1.82) is 0 Å². The van der Waals surface area contributed by atoms with Crippen LogP contribution in [0.3, 0.4) is 0 Å². The minimum absolute atomic E-state index is 0.00398. The van der Waals surface area contributed by atoms with Gasteiger partial charge in [-0.2, -0.15) is 0 Å². The monoisotopic (exact) mass is 567 g/mol. The van der Waals surface area contributed by atoms with E-state index in [-0.39, 0.29) is 43.6 Å². The SMILES string of the molecule is CC(C)[C@@H]1CC12NC(=O)[C@@H](NC(=O)OCc1ccccc1)Cc1cn(nn1)CCCNC(=O)CC[C@@H](C=O)NC2=O. The maximum absolute atomic E-state index is 13.7. The first kappa shape index (κ1) is 29.7. The number of nitrogens with one attached hydrogen (secondary N) is 4. The van der Waals surface area contributed by atoms with Crippen LogP contribution >= 0.6 is 0 Å². The van der Waals surface area contributed by atoms with Crippen LogP contribution in [-0.2, 0) is 43.5 Å². The third-order valence-electron chi connectivity index (χ3n) is 7.44. The molecule has 1 aromatic carbocycles. The highest BCUT2D eigenvalue weighted by Crippen LogP contribution is 2.48. The Kier molecular flexibility index (Phi) is 9.69. The fourth-order valence-electron chi connectivity index (χ4n) is 5.04. The largest absolute Gasteiger partial charge is 0.445 e. The molecule has 4 rings (SSSR count). The maximum Gasteiger partial charge on any atom is 0.408 e. The number of amides is 4. The lowest BCUT2D eigenvalue weighted by atomic mass is 10.0. The van der Waals surface area contributed by atoms with Crippen LogP contribution in [0.5, 0.6) is 0 Å². The molecule has 1 saturated carbocycles. The highest BCUT2D eigenvalue weighted by molar-refractivity contribution is 5.98. The van der Waals surface area contributed by atoms with Crippen molar-refractivity contribution in [2.24, 2.45) is 11.8 Å². The Bertz CT molecular complexity index is 1250. The highest BCUT2D eigenvalue weighted by atomic mass is 16.5. The predicted octanol–water partition coefficient (Wildman–Crippen LogP) is 0.630. The summed E-state index contributed by atoms with van der Waals surface area (Å²) in [5.41, 5.74) is -0.0189. The molecule has 220 valence electrons. The number of alkyl carbamates (subject to hydrolysis) is 1. The van der Waals surface area contributed by atoms with Crippen LogP contribution in [0.2, 0.25) is 0 Å². The molecular weight excluding hydrogens is 530 g/mol. The van der Waals surface area contributed by atoms with Gasteiger partial charge in [0.2, 0.25) is 17.7 Å². The van der Waals surface area contributed by atoms with Crippen LogP contribution in [0.1, 0.15) is 50.8 Å². The second-order valence-electron chi connectivity index (χ2n) is 10.9. The standard InChI is InChI=1S/C28H37N7O6/c1-18(2)22-14-28(22)26(39)30-20(16-36)9-10-24(37)29-11-6-12-35-15-21(33-34-35)13-23(25(38)32-28)31-27(40)41-17-19-7-4-3-5-8-19/h3-5,7-8,15-16,18,20,22-23H,6,9-14,17H2,1-2H3,(H,29,37)(H,30,39)(H,31,40)(H,32,38)/t20-,22-,23-,28?/m0/s1. The second-order valence-corrected chi connectivity index (χ2v) is 10.9. The number of benzene rings is 1. The Hall–Kier alpha value is -4.29. The van der Waals surface area contributed by atoms with Gasteiger partial charge in [0.15, 0.2) is 0 Å². The second kappa shape index (κ2) is 13.4. The first-order valence-electron chi connectivity index (χ1n) is 13.9. The third kappa shape index (κ3) is 7.89. The number of hydrogen-bond acceptors (Lipinski definition) is 8. The van der Waals surface area contributed by atoms with Gasteiger partial charge in [-0.3, -0.25) is 19.1 Å². The topological polar surface area (TPSA) is 173 Å². The quantitative estimate of drug-likeness (QED) is 0.381. The molecule has 1 fully saturated rings. The van der Waals surface area contributed by atoms with E-state index in [1.54, 1.807) is 10.9 Å². The molecule has 1 aliphatic carbocycles. The Morgan fingerprint density at radius 1 is 1.24 bits per heavy atom. The fourth-order valence-corrected chi connectivity index (χ4v) is 5.04. The van der Waals surface area contributed by atoms with Crippen molar-refractivity contribution >= 4 is 30.1 Å². The molecule has 1 spiro atoms. The number of carbonyl (C=O) groups excluding carboxylic acids is 5. The van der Waals surface area contributed by atoms with E-state index in [4.69, 9.17) is 4.74 Å². The highest BCUT2D eigenvalue weighted by Gasteiger charge is 2.62. The number of aryl methyl sites for hydroxylation is 1. The average Bonchev–Trinajstić information content (AvgIpc) is 3.53. The summed E-state index contributed by atoms with van der Waals surface area (Å²) in [5, 5.41) is 19.2. The van der Waals surface area contributed by atoms with Crippen molar-refractivity contribution < 1.29 is 28.7 Å². The molecule has 13 heteroatoms. The van der Waals surface area contributed by atoms with Gasteiger partial charge in [-0.1, -0.05) is 49.4 Å². The van der Waals surface area contributed by atoms with Crippen LogP contribution in [0, 0.1) is 11.8 Å². The Labute approximate surface area is 238 Å². The summed E-state index contributed by atoms with van der Waals surface area (Å²) in [6.07, 6.45) is 2.61. The minimum Gasteiger partial charge on any atom is -0.445 e. The molecule has 13 nitrogen and oxygen atoms in total. The van der Waals surface area contributed by atoms with Crippen LogP contribution in [0.25, 0.3) is 0 Å². The van der Waals surface area contributed by atoms with Crippen LogP contribution in [0.4, 0.5) is 4.79 Å². The lowest BCUT2D eigenvalue weighted by Crippen LogP contribution is -2.58. The lowest BCUT2D eigenvalue weighted by Gasteiger charge is -2.25. The molecule has 2 bridgehead atoms. The maximum atomic E-state index is 13.7. The summed E-state index contributed by atoms with van der Waals surface area (Å²) in [4.78, 5) is 63.8. The number of carbonyl (C=O) groups is 5. The predicted molar refractivity (Wildman–Crippen MR) is 146 cm³/mol. The van der Waals surface area contributed by atoms with Crippen LogP contribution in [0.15, 0.2) is 36.5 Å². The smallest absolute Gasteiger partial charge is 0.408 e. The molecule has 4 atom stereocenters. The zero-order valence-corrected chi connectivity index (χ0v) is 23.3. The van der Waals surface area contributed by atoms with E-state index < -0.39 is 35.5 Å². The van der Waals surface area contributed by atoms with E-state index in [0.717, 1.165) is 5.56 Å².